The Labute approximate surface area is 175 Å². The van der Waals surface area contributed by atoms with Crippen LogP contribution in [0.1, 0.15) is 22.8 Å². The van der Waals surface area contributed by atoms with Gasteiger partial charge in [0, 0.05) is 42.7 Å². The second kappa shape index (κ2) is 8.13. The number of esters is 1. The van der Waals surface area contributed by atoms with E-state index in [1.165, 1.54) is 0 Å². The SMILES string of the molecule is CCN(C)c1ncc(-c2c3c(cc4cc(OC)c(OC)cc24)COC3=O)cn1.Cl. The molecule has 1 aromatic heterocycles. The van der Waals surface area contributed by atoms with Gasteiger partial charge in [-0.2, -0.15) is 0 Å². The van der Waals surface area contributed by atoms with Crippen molar-refractivity contribution in [2.45, 2.75) is 13.5 Å². The molecule has 0 radical (unpaired) electrons. The molecule has 0 atom stereocenters. The van der Waals surface area contributed by atoms with Gasteiger partial charge in [-0.25, -0.2) is 14.8 Å². The Kier molecular flexibility index (Phi) is 5.79. The molecule has 1 aliphatic rings. The first kappa shape index (κ1) is 20.7. The fourth-order valence-electron chi connectivity index (χ4n) is 3.44. The average Bonchev–Trinajstić information content (AvgIpc) is 3.10. The number of methoxy groups -OCH3 is 2. The second-order valence-corrected chi connectivity index (χ2v) is 6.58. The number of hydrogen-bond donors (Lipinski definition) is 0. The molecule has 0 bridgehead atoms. The van der Waals surface area contributed by atoms with E-state index in [0.717, 1.165) is 34.0 Å². The number of anilines is 1. The van der Waals surface area contributed by atoms with Crippen molar-refractivity contribution in [1.29, 1.82) is 0 Å². The highest BCUT2D eigenvalue weighted by Crippen LogP contribution is 2.42. The summed E-state index contributed by atoms with van der Waals surface area (Å²) in [4.78, 5) is 23.4. The van der Waals surface area contributed by atoms with Gasteiger partial charge in [-0.15, -0.1) is 12.4 Å². The Hall–Kier alpha value is -3.06. The molecule has 0 amide bonds. The first-order valence-electron chi connectivity index (χ1n) is 8.99. The summed E-state index contributed by atoms with van der Waals surface area (Å²) in [5.41, 5.74) is 2.90. The quantitative estimate of drug-likeness (QED) is 0.585. The summed E-state index contributed by atoms with van der Waals surface area (Å²) < 4.78 is 16.2. The number of nitrogens with zero attached hydrogens (tertiary/aromatic N) is 3. The van der Waals surface area contributed by atoms with E-state index in [4.69, 9.17) is 14.2 Å². The molecule has 1 aliphatic heterocycles. The normalized spacial score (nSPS) is 12.2. The molecule has 0 saturated carbocycles. The molecule has 29 heavy (non-hydrogen) atoms. The van der Waals surface area contributed by atoms with Crippen LogP contribution in [0, 0.1) is 0 Å². The van der Waals surface area contributed by atoms with Gasteiger partial charge in [-0.1, -0.05) is 0 Å². The summed E-state index contributed by atoms with van der Waals surface area (Å²) in [6.45, 7) is 3.08. The van der Waals surface area contributed by atoms with Crippen molar-refractivity contribution in [3.63, 3.8) is 0 Å². The zero-order valence-corrected chi connectivity index (χ0v) is 17.5. The maximum absolute atomic E-state index is 12.5. The number of carbonyl (C=O) groups is 1. The molecule has 0 saturated heterocycles. The molecule has 4 rings (SSSR count). The van der Waals surface area contributed by atoms with Crippen molar-refractivity contribution in [1.82, 2.24) is 9.97 Å². The molecule has 0 spiro atoms. The van der Waals surface area contributed by atoms with E-state index in [2.05, 4.69) is 9.97 Å². The highest BCUT2D eigenvalue weighted by Gasteiger charge is 2.28. The van der Waals surface area contributed by atoms with Gasteiger partial charge in [0.05, 0.1) is 19.8 Å². The number of cyclic esters (lactones) is 1. The fraction of sp³-hybridized carbons (Fsp3) is 0.286. The summed E-state index contributed by atoms with van der Waals surface area (Å²) in [5, 5.41) is 1.79. The summed E-state index contributed by atoms with van der Waals surface area (Å²) >= 11 is 0. The number of fused-ring (bicyclic) bond motifs is 2. The number of carbonyl (C=O) groups excluding carboxylic acids is 1. The third-order valence-electron chi connectivity index (χ3n) is 5.03. The minimum absolute atomic E-state index is 0. The lowest BCUT2D eigenvalue weighted by Gasteiger charge is -2.16. The van der Waals surface area contributed by atoms with Crippen LogP contribution < -0.4 is 14.4 Å². The molecule has 2 heterocycles. The smallest absolute Gasteiger partial charge is 0.339 e. The predicted octanol–water partition coefficient (Wildman–Crippen LogP) is 3.86. The maximum Gasteiger partial charge on any atom is 0.339 e. The van der Waals surface area contributed by atoms with Gasteiger partial charge in [-0.3, -0.25) is 0 Å². The van der Waals surface area contributed by atoms with Crippen LogP contribution in [0.2, 0.25) is 0 Å². The molecular formula is C21H22ClN3O4. The van der Waals surface area contributed by atoms with Crippen LogP contribution in [0.25, 0.3) is 21.9 Å². The van der Waals surface area contributed by atoms with Crippen molar-refractivity contribution >= 4 is 35.1 Å². The van der Waals surface area contributed by atoms with E-state index in [1.807, 2.05) is 37.1 Å². The van der Waals surface area contributed by atoms with Crippen LogP contribution in [0.5, 0.6) is 11.5 Å². The van der Waals surface area contributed by atoms with Crippen molar-refractivity contribution in [2.24, 2.45) is 0 Å². The van der Waals surface area contributed by atoms with Gasteiger partial charge < -0.3 is 19.1 Å². The van der Waals surface area contributed by atoms with Crippen molar-refractivity contribution in [3.8, 4) is 22.6 Å². The number of aromatic nitrogens is 2. The number of hydrogen-bond acceptors (Lipinski definition) is 7. The van der Waals surface area contributed by atoms with Gasteiger partial charge >= 0.3 is 5.97 Å². The fourth-order valence-corrected chi connectivity index (χ4v) is 3.44. The standard InChI is InChI=1S/C21H21N3O4.ClH/c1-5-24(2)21-22-9-14(10-23-21)18-15-8-17(27-4)16(26-3)7-12(15)6-13-11-28-20(25)19(13)18;/h6-10H,5,11H2,1-4H3;1H. The van der Waals surface area contributed by atoms with Crippen LogP contribution in [0.4, 0.5) is 5.95 Å². The molecule has 0 N–H and O–H groups in total. The lowest BCUT2D eigenvalue weighted by molar-refractivity contribution is 0.0535. The molecule has 3 aromatic rings. The van der Waals surface area contributed by atoms with E-state index in [0.29, 0.717) is 23.0 Å². The van der Waals surface area contributed by atoms with E-state index < -0.39 is 0 Å². The van der Waals surface area contributed by atoms with Crippen LogP contribution in [0.3, 0.4) is 0 Å². The third kappa shape index (κ3) is 3.42. The zero-order valence-electron chi connectivity index (χ0n) is 16.7. The number of halogens is 1. The lowest BCUT2D eigenvalue weighted by Crippen LogP contribution is -2.18. The predicted molar refractivity (Wildman–Crippen MR) is 113 cm³/mol. The largest absolute Gasteiger partial charge is 0.493 e. The molecule has 2 aromatic carbocycles. The molecular weight excluding hydrogens is 394 g/mol. The van der Waals surface area contributed by atoms with Gasteiger partial charge in [0.2, 0.25) is 5.95 Å². The first-order chi connectivity index (χ1) is 13.6. The van der Waals surface area contributed by atoms with Crippen LogP contribution in [0.15, 0.2) is 30.6 Å². The Bertz CT molecular complexity index is 1070. The molecule has 7 nitrogen and oxygen atoms in total. The lowest BCUT2D eigenvalue weighted by atomic mass is 9.91. The molecule has 152 valence electrons. The summed E-state index contributed by atoms with van der Waals surface area (Å²) in [7, 11) is 5.12. The van der Waals surface area contributed by atoms with E-state index in [9.17, 15) is 4.79 Å². The molecule has 8 heteroatoms. The van der Waals surface area contributed by atoms with Gasteiger partial charge in [-0.05, 0) is 35.9 Å². The average molecular weight is 416 g/mol. The van der Waals surface area contributed by atoms with E-state index >= 15 is 0 Å². The summed E-state index contributed by atoms with van der Waals surface area (Å²) in [6.07, 6.45) is 3.48. The van der Waals surface area contributed by atoms with Crippen LogP contribution >= 0.6 is 12.4 Å². The summed E-state index contributed by atoms with van der Waals surface area (Å²) in [6, 6.07) is 5.74. The Morgan fingerprint density at radius 1 is 1.07 bits per heavy atom. The zero-order chi connectivity index (χ0) is 19.8. The van der Waals surface area contributed by atoms with Crippen LogP contribution in [-0.2, 0) is 11.3 Å². The number of benzene rings is 2. The van der Waals surface area contributed by atoms with Gasteiger partial charge in [0.25, 0.3) is 0 Å². The Balaban J connectivity index is 0.00000240. The highest BCUT2D eigenvalue weighted by atomic mass is 35.5. The monoisotopic (exact) mass is 415 g/mol. The van der Waals surface area contributed by atoms with Crippen molar-refractivity contribution < 1.29 is 19.0 Å². The maximum atomic E-state index is 12.5. The third-order valence-corrected chi connectivity index (χ3v) is 5.03. The molecule has 0 aliphatic carbocycles. The van der Waals surface area contributed by atoms with E-state index in [1.54, 1.807) is 26.6 Å². The van der Waals surface area contributed by atoms with Crippen molar-refractivity contribution in [3.05, 3.63) is 41.7 Å². The van der Waals surface area contributed by atoms with Gasteiger partial charge in [0.1, 0.15) is 6.61 Å². The minimum Gasteiger partial charge on any atom is -0.493 e. The van der Waals surface area contributed by atoms with Crippen LogP contribution in [-0.4, -0.2) is 43.7 Å². The first-order valence-corrected chi connectivity index (χ1v) is 8.99. The number of rotatable bonds is 5. The number of ether oxygens (including phenoxy) is 3. The Morgan fingerprint density at radius 3 is 2.34 bits per heavy atom. The highest BCUT2D eigenvalue weighted by molar-refractivity contribution is 6.11. The van der Waals surface area contributed by atoms with Crippen molar-refractivity contribution in [2.75, 3.05) is 32.7 Å². The second-order valence-electron chi connectivity index (χ2n) is 6.58. The minimum atomic E-state index is -0.337. The summed E-state index contributed by atoms with van der Waals surface area (Å²) in [5.74, 6) is 1.51. The van der Waals surface area contributed by atoms with E-state index in [-0.39, 0.29) is 25.0 Å². The molecule has 0 fully saturated rings. The molecule has 0 unspecified atom stereocenters. The Morgan fingerprint density at radius 2 is 1.72 bits per heavy atom. The topological polar surface area (TPSA) is 73.8 Å². The van der Waals surface area contributed by atoms with Gasteiger partial charge in [0.15, 0.2) is 11.5 Å².